The number of nitrogens with zero attached hydrogens (tertiary/aromatic N) is 2. The molecule has 1 aromatic heterocycles. The van der Waals surface area contributed by atoms with Gasteiger partial charge in [-0.2, -0.15) is 0 Å². The fraction of sp³-hybridized carbons (Fsp3) is 0.500. The van der Waals surface area contributed by atoms with Crippen molar-refractivity contribution in [2.24, 2.45) is 0 Å². The molecule has 1 saturated heterocycles. The first-order valence-corrected chi connectivity index (χ1v) is 8.15. The molecular weight excluding hydrogens is 292 g/mol. The molecular formula is C18H24N2O3. The SMILES string of the molecule is CCc1cc(C2CCCN2Cc2ccc(OC)c(OC)c2)on1. The Morgan fingerprint density at radius 3 is 2.74 bits per heavy atom. The average molecular weight is 316 g/mol. The number of methoxy groups -OCH3 is 2. The molecule has 1 unspecified atom stereocenters. The number of rotatable bonds is 6. The summed E-state index contributed by atoms with van der Waals surface area (Å²) in [6.45, 7) is 4.03. The number of benzene rings is 1. The molecule has 5 heteroatoms. The molecule has 0 radical (unpaired) electrons. The van der Waals surface area contributed by atoms with Gasteiger partial charge >= 0.3 is 0 Å². The Morgan fingerprint density at radius 2 is 2.04 bits per heavy atom. The van der Waals surface area contributed by atoms with Gasteiger partial charge in [-0.25, -0.2) is 0 Å². The highest BCUT2D eigenvalue weighted by molar-refractivity contribution is 5.42. The van der Waals surface area contributed by atoms with Gasteiger partial charge in [-0.3, -0.25) is 4.90 Å². The van der Waals surface area contributed by atoms with Gasteiger partial charge in [0.2, 0.25) is 0 Å². The largest absolute Gasteiger partial charge is 0.493 e. The molecule has 1 aliphatic rings. The lowest BCUT2D eigenvalue weighted by Crippen LogP contribution is -2.22. The van der Waals surface area contributed by atoms with E-state index in [9.17, 15) is 0 Å². The van der Waals surface area contributed by atoms with Crippen molar-refractivity contribution < 1.29 is 14.0 Å². The van der Waals surface area contributed by atoms with Crippen LogP contribution in [-0.2, 0) is 13.0 Å². The maximum Gasteiger partial charge on any atom is 0.161 e. The van der Waals surface area contributed by atoms with Crippen molar-refractivity contribution in [1.82, 2.24) is 10.1 Å². The van der Waals surface area contributed by atoms with Crippen LogP contribution in [0.15, 0.2) is 28.8 Å². The number of ether oxygens (including phenoxy) is 2. The van der Waals surface area contributed by atoms with Gasteiger partial charge < -0.3 is 14.0 Å². The lowest BCUT2D eigenvalue weighted by atomic mass is 10.1. The molecule has 0 amide bonds. The molecule has 0 N–H and O–H groups in total. The van der Waals surface area contributed by atoms with Crippen LogP contribution in [0.1, 0.15) is 42.8 Å². The predicted molar refractivity (Wildman–Crippen MR) is 87.8 cm³/mol. The van der Waals surface area contributed by atoms with Crippen LogP contribution in [0.2, 0.25) is 0 Å². The van der Waals surface area contributed by atoms with Crippen LogP contribution in [0.25, 0.3) is 0 Å². The number of hydrogen-bond acceptors (Lipinski definition) is 5. The number of hydrogen-bond donors (Lipinski definition) is 0. The minimum absolute atomic E-state index is 0.316. The Hall–Kier alpha value is -2.01. The van der Waals surface area contributed by atoms with Gasteiger partial charge in [-0.15, -0.1) is 0 Å². The second kappa shape index (κ2) is 7.04. The van der Waals surface area contributed by atoms with Crippen LogP contribution >= 0.6 is 0 Å². The Morgan fingerprint density at radius 1 is 1.22 bits per heavy atom. The van der Waals surface area contributed by atoms with Gasteiger partial charge in [0.1, 0.15) is 0 Å². The molecule has 3 rings (SSSR count). The van der Waals surface area contributed by atoms with Crippen LogP contribution in [0.3, 0.4) is 0 Å². The van der Waals surface area contributed by atoms with Crippen LogP contribution in [-0.4, -0.2) is 30.8 Å². The van der Waals surface area contributed by atoms with E-state index < -0.39 is 0 Å². The highest BCUT2D eigenvalue weighted by Gasteiger charge is 2.29. The molecule has 0 bridgehead atoms. The maximum atomic E-state index is 5.55. The summed E-state index contributed by atoms with van der Waals surface area (Å²) in [5.41, 5.74) is 2.24. The standard InChI is InChI=1S/C18H24N2O3/c1-4-14-11-17(23-19-14)15-6-5-9-20(15)12-13-7-8-16(21-2)18(10-13)22-3/h7-8,10-11,15H,4-6,9,12H2,1-3H3. The van der Waals surface area contributed by atoms with Gasteiger partial charge in [0, 0.05) is 12.6 Å². The van der Waals surface area contributed by atoms with E-state index in [1.807, 2.05) is 12.1 Å². The summed E-state index contributed by atoms with van der Waals surface area (Å²) >= 11 is 0. The minimum Gasteiger partial charge on any atom is -0.493 e. The summed E-state index contributed by atoms with van der Waals surface area (Å²) in [5.74, 6) is 2.52. The molecule has 124 valence electrons. The summed E-state index contributed by atoms with van der Waals surface area (Å²) < 4.78 is 16.3. The van der Waals surface area contributed by atoms with Crippen LogP contribution in [0.4, 0.5) is 0 Å². The van der Waals surface area contributed by atoms with Crippen molar-refractivity contribution in [3.63, 3.8) is 0 Å². The van der Waals surface area contributed by atoms with Crippen LogP contribution in [0, 0.1) is 0 Å². The normalized spacial score (nSPS) is 18.3. The molecule has 0 aliphatic carbocycles. The Kier molecular flexibility index (Phi) is 4.86. The van der Waals surface area contributed by atoms with E-state index in [-0.39, 0.29) is 0 Å². The molecule has 23 heavy (non-hydrogen) atoms. The van der Waals surface area contributed by atoms with Crippen LogP contribution < -0.4 is 9.47 Å². The number of aromatic nitrogens is 1. The molecule has 5 nitrogen and oxygen atoms in total. The van der Waals surface area contributed by atoms with E-state index in [1.165, 1.54) is 12.0 Å². The van der Waals surface area contributed by atoms with Crippen molar-refractivity contribution >= 4 is 0 Å². The molecule has 2 heterocycles. The van der Waals surface area contributed by atoms with E-state index in [0.717, 1.165) is 48.9 Å². The quantitative estimate of drug-likeness (QED) is 0.815. The first-order valence-electron chi connectivity index (χ1n) is 8.15. The van der Waals surface area contributed by atoms with Crippen molar-refractivity contribution in [3.05, 3.63) is 41.3 Å². The van der Waals surface area contributed by atoms with Gasteiger partial charge in [-0.1, -0.05) is 18.1 Å². The summed E-state index contributed by atoms with van der Waals surface area (Å²) in [7, 11) is 3.32. The zero-order valence-electron chi connectivity index (χ0n) is 14.0. The van der Waals surface area contributed by atoms with Crippen molar-refractivity contribution in [1.29, 1.82) is 0 Å². The molecule has 1 aromatic carbocycles. The fourth-order valence-electron chi connectivity index (χ4n) is 3.20. The van der Waals surface area contributed by atoms with Crippen LogP contribution in [0.5, 0.6) is 11.5 Å². The molecule has 1 fully saturated rings. The van der Waals surface area contributed by atoms with Gasteiger partial charge in [0.15, 0.2) is 17.3 Å². The third kappa shape index (κ3) is 3.34. The van der Waals surface area contributed by atoms with Crippen molar-refractivity contribution in [2.75, 3.05) is 20.8 Å². The molecule has 2 aromatic rings. The lowest BCUT2D eigenvalue weighted by Gasteiger charge is -2.22. The van der Waals surface area contributed by atoms with E-state index in [2.05, 4.69) is 29.1 Å². The topological polar surface area (TPSA) is 47.7 Å². The van der Waals surface area contributed by atoms with E-state index in [1.54, 1.807) is 14.2 Å². The molecule has 0 saturated carbocycles. The van der Waals surface area contributed by atoms with Crippen molar-refractivity contribution in [3.8, 4) is 11.5 Å². The summed E-state index contributed by atoms with van der Waals surface area (Å²) in [5, 5.41) is 4.13. The van der Waals surface area contributed by atoms with E-state index in [0.29, 0.717) is 6.04 Å². The third-order valence-corrected chi connectivity index (χ3v) is 4.47. The first-order chi connectivity index (χ1) is 11.2. The Balaban J connectivity index is 1.76. The van der Waals surface area contributed by atoms with Crippen molar-refractivity contribution in [2.45, 2.75) is 38.8 Å². The second-order valence-electron chi connectivity index (χ2n) is 5.89. The third-order valence-electron chi connectivity index (χ3n) is 4.47. The second-order valence-corrected chi connectivity index (χ2v) is 5.89. The lowest BCUT2D eigenvalue weighted by molar-refractivity contribution is 0.206. The Bertz CT molecular complexity index is 653. The highest BCUT2D eigenvalue weighted by atomic mass is 16.5. The monoisotopic (exact) mass is 316 g/mol. The number of aryl methyl sites for hydroxylation is 1. The smallest absolute Gasteiger partial charge is 0.161 e. The molecule has 1 aliphatic heterocycles. The van der Waals surface area contributed by atoms with Gasteiger partial charge in [0.25, 0.3) is 0 Å². The summed E-state index contributed by atoms with van der Waals surface area (Å²) in [4.78, 5) is 2.45. The molecule has 1 atom stereocenters. The summed E-state index contributed by atoms with van der Waals surface area (Å²) in [6.07, 6.45) is 3.21. The Labute approximate surface area is 137 Å². The fourth-order valence-corrected chi connectivity index (χ4v) is 3.20. The minimum atomic E-state index is 0.316. The van der Waals surface area contributed by atoms with Gasteiger partial charge in [0.05, 0.1) is 26.0 Å². The maximum absolute atomic E-state index is 5.55. The average Bonchev–Trinajstić information content (AvgIpc) is 3.23. The highest BCUT2D eigenvalue weighted by Crippen LogP contribution is 2.35. The molecule has 0 spiro atoms. The predicted octanol–water partition coefficient (Wildman–Crippen LogP) is 3.59. The summed E-state index contributed by atoms with van der Waals surface area (Å²) in [6, 6.07) is 8.51. The zero-order chi connectivity index (χ0) is 16.2. The first kappa shape index (κ1) is 15.9. The van der Waals surface area contributed by atoms with E-state index >= 15 is 0 Å². The zero-order valence-corrected chi connectivity index (χ0v) is 14.0. The van der Waals surface area contributed by atoms with Gasteiger partial charge in [-0.05, 0) is 43.5 Å². The number of likely N-dealkylation sites (tertiary alicyclic amines) is 1. The van der Waals surface area contributed by atoms with E-state index in [4.69, 9.17) is 14.0 Å².